The average molecular weight is 321 g/mol. The lowest BCUT2D eigenvalue weighted by atomic mass is 10.1. The molecule has 0 saturated heterocycles. The van der Waals surface area contributed by atoms with Crippen LogP contribution in [0.4, 0.5) is 0 Å². The van der Waals surface area contributed by atoms with Gasteiger partial charge >= 0.3 is 0 Å². The third-order valence-electron chi connectivity index (χ3n) is 4.27. The van der Waals surface area contributed by atoms with Gasteiger partial charge in [0.2, 0.25) is 6.79 Å². The van der Waals surface area contributed by atoms with Gasteiger partial charge in [-0.05, 0) is 18.6 Å². The summed E-state index contributed by atoms with van der Waals surface area (Å²) in [5.41, 5.74) is 4.43. The second-order valence-corrected chi connectivity index (χ2v) is 5.82. The van der Waals surface area contributed by atoms with Crippen molar-refractivity contribution in [3.8, 4) is 22.8 Å². The van der Waals surface area contributed by atoms with Crippen molar-refractivity contribution >= 4 is 0 Å². The molecule has 0 spiro atoms. The number of rotatable bonds is 5. The topological polar surface area (TPSA) is 59.2 Å². The molecule has 0 bridgehead atoms. The summed E-state index contributed by atoms with van der Waals surface area (Å²) in [4.78, 5) is 0. The second kappa shape index (κ2) is 6.37. The summed E-state index contributed by atoms with van der Waals surface area (Å²) in [6.45, 7) is 3.13. The summed E-state index contributed by atoms with van der Waals surface area (Å²) < 4.78 is 11.1. The number of fused-ring (bicyclic) bond motifs is 1. The Morgan fingerprint density at radius 3 is 2.88 bits per heavy atom. The van der Waals surface area contributed by atoms with Gasteiger partial charge in [-0.25, -0.2) is 0 Å². The number of ether oxygens (including phenoxy) is 2. The van der Waals surface area contributed by atoms with Crippen LogP contribution in [0, 0.1) is 0 Å². The summed E-state index contributed by atoms with van der Waals surface area (Å²) in [5.74, 6) is 1.66. The van der Waals surface area contributed by atoms with E-state index in [0.717, 1.165) is 33.9 Å². The van der Waals surface area contributed by atoms with Gasteiger partial charge in [-0.2, -0.15) is 5.10 Å². The second-order valence-electron chi connectivity index (χ2n) is 5.82. The number of benzene rings is 2. The molecule has 4 rings (SSSR count). The van der Waals surface area contributed by atoms with Crippen molar-refractivity contribution < 1.29 is 9.47 Å². The van der Waals surface area contributed by atoms with Gasteiger partial charge in [0.1, 0.15) is 0 Å². The molecule has 0 amide bonds. The number of hydrogen-bond donors (Lipinski definition) is 2. The van der Waals surface area contributed by atoms with Crippen molar-refractivity contribution in [1.82, 2.24) is 15.5 Å². The first-order valence-electron chi connectivity index (χ1n) is 8.02. The molecule has 1 unspecified atom stereocenters. The highest BCUT2D eigenvalue weighted by molar-refractivity contribution is 5.62. The molecule has 1 aliphatic rings. The molecule has 0 saturated carbocycles. The van der Waals surface area contributed by atoms with Crippen molar-refractivity contribution in [2.24, 2.45) is 0 Å². The third kappa shape index (κ3) is 2.74. The minimum absolute atomic E-state index is 0.139. The number of aromatic nitrogens is 2. The zero-order valence-electron chi connectivity index (χ0n) is 13.5. The first kappa shape index (κ1) is 14.8. The van der Waals surface area contributed by atoms with E-state index in [2.05, 4.69) is 40.6 Å². The van der Waals surface area contributed by atoms with E-state index in [1.165, 1.54) is 0 Å². The van der Waals surface area contributed by atoms with Crippen LogP contribution < -0.4 is 14.8 Å². The van der Waals surface area contributed by atoms with E-state index >= 15 is 0 Å². The zero-order valence-corrected chi connectivity index (χ0v) is 13.5. The molecule has 2 heterocycles. The maximum Gasteiger partial charge on any atom is 0.231 e. The molecule has 5 heteroatoms. The number of nitrogens with one attached hydrogen (secondary N) is 2. The van der Waals surface area contributed by atoms with E-state index in [4.69, 9.17) is 9.47 Å². The molecule has 1 atom stereocenters. The SMILES string of the molecule is CC(NCc1cn[nH]c1-c1ccccc1)c1cccc2c1OCO2. The van der Waals surface area contributed by atoms with Crippen LogP contribution in [0.15, 0.2) is 54.7 Å². The highest BCUT2D eigenvalue weighted by Gasteiger charge is 2.20. The monoisotopic (exact) mass is 321 g/mol. The zero-order chi connectivity index (χ0) is 16.4. The van der Waals surface area contributed by atoms with E-state index in [0.29, 0.717) is 13.3 Å². The van der Waals surface area contributed by atoms with Gasteiger partial charge < -0.3 is 14.8 Å². The fourth-order valence-electron chi connectivity index (χ4n) is 2.97. The van der Waals surface area contributed by atoms with Crippen LogP contribution in [0.25, 0.3) is 11.3 Å². The van der Waals surface area contributed by atoms with Crippen LogP contribution in [0.2, 0.25) is 0 Å². The summed E-state index contributed by atoms with van der Waals surface area (Å²) >= 11 is 0. The van der Waals surface area contributed by atoms with Crippen LogP contribution in [-0.4, -0.2) is 17.0 Å². The van der Waals surface area contributed by atoms with Crippen molar-refractivity contribution in [3.63, 3.8) is 0 Å². The highest BCUT2D eigenvalue weighted by Crippen LogP contribution is 2.38. The molecular weight excluding hydrogens is 302 g/mol. The van der Waals surface area contributed by atoms with Crippen molar-refractivity contribution in [3.05, 3.63) is 65.9 Å². The Hall–Kier alpha value is -2.79. The molecule has 2 N–H and O–H groups in total. The average Bonchev–Trinajstić information content (AvgIpc) is 3.29. The highest BCUT2D eigenvalue weighted by atomic mass is 16.7. The normalized spacial score (nSPS) is 13.9. The Morgan fingerprint density at radius 2 is 2.00 bits per heavy atom. The Labute approximate surface area is 140 Å². The number of hydrogen-bond acceptors (Lipinski definition) is 4. The lowest BCUT2D eigenvalue weighted by Crippen LogP contribution is -2.18. The van der Waals surface area contributed by atoms with E-state index < -0.39 is 0 Å². The number of aromatic amines is 1. The molecule has 5 nitrogen and oxygen atoms in total. The molecule has 122 valence electrons. The molecule has 0 radical (unpaired) electrons. The number of para-hydroxylation sites is 1. The molecule has 24 heavy (non-hydrogen) atoms. The number of H-pyrrole nitrogens is 1. The van der Waals surface area contributed by atoms with Crippen molar-refractivity contribution in [1.29, 1.82) is 0 Å². The molecule has 3 aromatic rings. The third-order valence-corrected chi connectivity index (χ3v) is 4.27. The van der Waals surface area contributed by atoms with Crippen molar-refractivity contribution in [2.45, 2.75) is 19.5 Å². The van der Waals surface area contributed by atoms with Crippen LogP contribution in [0.3, 0.4) is 0 Å². The molecule has 1 aliphatic heterocycles. The van der Waals surface area contributed by atoms with Gasteiger partial charge in [0, 0.05) is 23.7 Å². The first-order valence-corrected chi connectivity index (χ1v) is 8.02. The Bertz CT molecular complexity index is 830. The van der Waals surface area contributed by atoms with Gasteiger partial charge in [-0.3, -0.25) is 5.10 Å². The minimum atomic E-state index is 0.139. The Balaban J connectivity index is 1.50. The summed E-state index contributed by atoms with van der Waals surface area (Å²) in [7, 11) is 0. The largest absolute Gasteiger partial charge is 0.454 e. The Morgan fingerprint density at radius 1 is 1.12 bits per heavy atom. The van der Waals surface area contributed by atoms with E-state index in [9.17, 15) is 0 Å². The van der Waals surface area contributed by atoms with Gasteiger partial charge in [0.25, 0.3) is 0 Å². The fraction of sp³-hybridized carbons (Fsp3) is 0.211. The predicted molar refractivity (Wildman–Crippen MR) is 91.8 cm³/mol. The van der Waals surface area contributed by atoms with E-state index in [1.54, 1.807) is 0 Å². The summed E-state index contributed by atoms with van der Waals surface area (Å²) in [6, 6.07) is 16.4. The smallest absolute Gasteiger partial charge is 0.231 e. The lowest BCUT2D eigenvalue weighted by molar-refractivity contribution is 0.173. The van der Waals surface area contributed by atoms with Gasteiger partial charge in [0.05, 0.1) is 11.9 Å². The summed E-state index contributed by atoms with van der Waals surface area (Å²) in [6.07, 6.45) is 1.87. The standard InChI is InChI=1S/C19H19N3O2/c1-13(16-8-5-9-17-19(16)24-12-23-17)20-10-15-11-21-22-18(15)14-6-3-2-4-7-14/h2-9,11,13,20H,10,12H2,1H3,(H,21,22). The molecular formula is C19H19N3O2. The van der Waals surface area contributed by atoms with E-state index in [-0.39, 0.29) is 6.04 Å². The van der Waals surface area contributed by atoms with Crippen molar-refractivity contribution in [2.75, 3.05) is 6.79 Å². The Kier molecular flexibility index (Phi) is 3.92. The molecule has 0 fully saturated rings. The molecule has 2 aromatic carbocycles. The van der Waals surface area contributed by atoms with Crippen LogP contribution in [0.1, 0.15) is 24.1 Å². The number of nitrogens with zero attached hydrogens (tertiary/aromatic N) is 1. The molecule has 0 aliphatic carbocycles. The maximum atomic E-state index is 5.60. The van der Waals surface area contributed by atoms with Crippen LogP contribution in [0.5, 0.6) is 11.5 Å². The fourth-order valence-corrected chi connectivity index (χ4v) is 2.97. The predicted octanol–water partition coefficient (Wildman–Crippen LogP) is 3.66. The maximum absolute atomic E-state index is 5.60. The molecule has 1 aromatic heterocycles. The first-order chi connectivity index (χ1) is 11.8. The van der Waals surface area contributed by atoms with Gasteiger partial charge in [-0.15, -0.1) is 0 Å². The van der Waals surface area contributed by atoms with Crippen LogP contribution >= 0.6 is 0 Å². The van der Waals surface area contributed by atoms with Gasteiger partial charge in [0.15, 0.2) is 11.5 Å². The summed E-state index contributed by atoms with van der Waals surface area (Å²) in [5, 5.41) is 10.8. The quantitative estimate of drug-likeness (QED) is 0.753. The van der Waals surface area contributed by atoms with E-state index in [1.807, 2.05) is 36.5 Å². The van der Waals surface area contributed by atoms with Gasteiger partial charge in [-0.1, -0.05) is 42.5 Å². The minimum Gasteiger partial charge on any atom is -0.454 e. The van der Waals surface area contributed by atoms with Crippen LogP contribution in [-0.2, 0) is 6.54 Å². The lowest BCUT2D eigenvalue weighted by Gasteiger charge is -2.16.